The van der Waals surface area contributed by atoms with Crippen molar-refractivity contribution in [1.82, 2.24) is 4.90 Å². The Balaban J connectivity index is 1.63. The van der Waals surface area contributed by atoms with E-state index in [0.717, 1.165) is 18.4 Å². The van der Waals surface area contributed by atoms with E-state index in [1.165, 1.54) is 13.2 Å². The molecule has 0 N–H and O–H groups in total. The van der Waals surface area contributed by atoms with Gasteiger partial charge in [-0.1, -0.05) is 31.5 Å². The van der Waals surface area contributed by atoms with Crippen molar-refractivity contribution in [3.8, 4) is 11.5 Å². The second kappa shape index (κ2) is 11.3. The molecule has 4 rings (SSSR count). The molecule has 1 aliphatic heterocycles. The van der Waals surface area contributed by atoms with Crippen molar-refractivity contribution in [2.24, 2.45) is 5.92 Å². The van der Waals surface area contributed by atoms with Crippen LogP contribution in [0.2, 0.25) is 0 Å². The molecule has 1 aliphatic rings. The Morgan fingerprint density at radius 1 is 1.08 bits per heavy atom. The lowest BCUT2D eigenvalue weighted by atomic mass is 9.83. The molecule has 2 heterocycles. The molecule has 8 heteroatoms. The monoisotopic (exact) mass is 493 g/mol. The van der Waals surface area contributed by atoms with E-state index in [1.54, 1.807) is 30.2 Å². The third-order valence-corrected chi connectivity index (χ3v) is 6.63. The maximum absolute atomic E-state index is 13.5. The second-order valence-corrected chi connectivity index (χ2v) is 8.83. The van der Waals surface area contributed by atoms with Crippen LogP contribution in [0, 0.1) is 5.92 Å². The van der Waals surface area contributed by atoms with Gasteiger partial charge in [0, 0.05) is 41.6 Å². The lowest BCUT2D eigenvalue weighted by molar-refractivity contribution is -0.158. The van der Waals surface area contributed by atoms with Crippen molar-refractivity contribution in [3.63, 3.8) is 0 Å². The van der Waals surface area contributed by atoms with Gasteiger partial charge in [0.05, 0.1) is 26.2 Å². The van der Waals surface area contributed by atoms with Gasteiger partial charge in [-0.05, 0) is 31.0 Å². The molecule has 1 amide bonds. The van der Waals surface area contributed by atoms with Crippen molar-refractivity contribution in [2.45, 2.75) is 45.3 Å². The summed E-state index contributed by atoms with van der Waals surface area (Å²) in [5, 5.41) is 0.660. The second-order valence-electron chi connectivity index (χ2n) is 8.83. The smallest absolute Gasteiger partial charge is 0.336 e. The normalized spacial score (nSPS) is 17.8. The molecule has 0 saturated carbocycles. The third kappa shape index (κ3) is 5.22. The van der Waals surface area contributed by atoms with E-state index in [4.69, 9.17) is 18.6 Å². The first-order valence-electron chi connectivity index (χ1n) is 12.2. The van der Waals surface area contributed by atoms with Crippen LogP contribution < -0.4 is 15.1 Å². The molecule has 190 valence electrons. The molecular weight excluding hydrogens is 462 g/mol. The average Bonchev–Trinajstić information content (AvgIpc) is 2.90. The molecule has 0 bridgehead atoms. The van der Waals surface area contributed by atoms with Gasteiger partial charge in [0.2, 0.25) is 5.91 Å². The molecule has 0 aliphatic carbocycles. The summed E-state index contributed by atoms with van der Waals surface area (Å²) in [5.41, 5.74) is 1.14. The fourth-order valence-corrected chi connectivity index (χ4v) is 4.80. The number of nitrogens with zero attached hydrogens (tertiary/aromatic N) is 1. The highest BCUT2D eigenvalue weighted by Crippen LogP contribution is 2.41. The highest BCUT2D eigenvalue weighted by atomic mass is 16.5. The van der Waals surface area contributed by atoms with Gasteiger partial charge in [-0.2, -0.15) is 0 Å². The maximum Gasteiger partial charge on any atom is 0.336 e. The fourth-order valence-electron chi connectivity index (χ4n) is 4.80. The van der Waals surface area contributed by atoms with Crippen LogP contribution in [0.15, 0.2) is 57.7 Å². The molecule has 1 aromatic heterocycles. The Bertz CT molecular complexity index is 1300. The van der Waals surface area contributed by atoms with Crippen LogP contribution >= 0.6 is 0 Å². The molecule has 8 nitrogen and oxygen atoms in total. The molecule has 2 atom stereocenters. The van der Waals surface area contributed by atoms with Crippen molar-refractivity contribution in [2.75, 3.05) is 20.8 Å². The number of fused-ring (bicyclic) bond motifs is 1. The summed E-state index contributed by atoms with van der Waals surface area (Å²) in [4.78, 5) is 40.3. The van der Waals surface area contributed by atoms with Crippen molar-refractivity contribution < 1.29 is 28.2 Å². The van der Waals surface area contributed by atoms with Crippen molar-refractivity contribution >= 4 is 22.8 Å². The van der Waals surface area contributed by atoms with Crippen LogP contribution in [0.1, 0.15) is 49.8 Å². The number of hydrogen-bond donors (Lipinski definition) is 0. The minimum Gasteiger partial charge on any atom is -0.497 e. The SMILES string of the molecule is CCCCN1C(=O)CC[C@H](C(=O)OCc2cc(=O)oc3cc(OC)ccc23)[C@H]1c1ccccc1OC. The Kier molecular flexibility index (Phi) is 7.93. The number of piperidine rings is 1. The zero-order valence-electron chi connectivity index (χ0n) is 20.8. The summed E-state index contributed by atoms with van der Waals surface area (Å²) in [6, 6.07) is 13.4. The van der Waals surface area contributed by atoms with Gasteiger partial charge < -0.3 is 23.5 Å². The lowest BCUT2D eigenvalue weighted by Gasteiger charge is -2.41. The molecule has 0 unspecified atom stereocenters. The van der Waals surface area contributed by atoms with Gasteiger partial charge >= 0.3 is 11.6 Å². The molecule has 3 aromatic rings. The first-order valence-corrected chi connectivity index (χ1v) is 12.2. The highest BCUT2D eigenvalue weighted by molar-refractivity contribution is 5.84. The number of para-hydroxylation sites is 1. The average molecular weight is 494 g/mol. The summed E-state index contributed by atoms with van der Waals surface area (Å²) < 4.78 is 21.9. The predicted molar refractivity (Wildman–Crippen MR) is 134 cm³/mol. The standard InChI is InChI=1S/C28H31NO7/c1-4-5-14-29-25(30)13-12-22(27(29)21-8-6-7-9-23(21)34-3)28(32)35-17-18-15-26(31)36-24-16-19(33-2)10-11-20(18)24/h6-11,15-16,22,27H,4-5,12-14,17H2,1-3H3/t22-,27+/m0/s1. The van der Waals surface area contributed by atoms with Gasteiger partial charge in [0.15, 0.2) is 0 Å². The van der Waals surface area contributed by atoms with E-state index in [-0.39, 0.29) is 18.9 Å². The first kappa shape index (κ1) is 25.3. The number of hydrogen-bond acceptors (Lipinski definition) is 7. The van der Waals surface area contributed by atoms with Crippen LogP contribution in [0.25, 0.3) is 11.0 Å². The third-order valence-electron chi connectivity index (χ3n) is 6.63. The van der Waals surface area contributed by atoms with Crippen LogP contribution in [0.5, 0.6) is 11.5 Å². The number of likely N-dealkylation sites (tertiary alicyclic amines) is 1. The minimum absolute atomic E-state index is 0.0176. The molecule has 0 radical (unpaired) electrons. The predicted octanol–water partition coefficient (Wildman–Crippen LogP) is 4.63. The number of carbonyl (C=O) groups excluding carboxylic acids is 2. The van der Waals surface area contributed by atoms with Gasteiger partial charge in [-0.25, -0.2) is 4.79 Å². The van der Waals surface area contributed by atoms with Crippen LogP contribution in [-0.4, -0.2) is 37.5 Å². The van der Waals surface area contributed by atoms with Crippen molar-refractivity contribution in [3.05, 3.63) is 70.1 Å². The number of benzene rings is 2. The van der Waals surface area contributed by atoms with E-state index in [9.17, 15) is 14.4 Å². The number of rotatable bonds is 9. The molecule has 0 spiro atoms. The van der Waals surface area contributed by atoms with E-state index >= 15 is 0 Å². The zero-order valence-corrected chi connectivity index (χ0v) is 20.8. The minimum atomic E-state index is -0.567. The molecular formula is C28H31NO7. The summed E-state index contributed by atoms with van der Waals surface area (Å²) in [6.07, 6.45) is 2.39. The number of methoxy groups -OCH3 is 2. The quantitative estimate of drug-likeness (QED) is 0.317. The number of ether oxygens (including phenoxy) is 3. The Hall–Kier alpha value is -3.81. The van der Waals surface area contributed by atoms with Gasteiger partial charge in [-0.3, -0.25) is 9.59 Å². The number of carbonyl (C=O) groups is 2. The topological polar surface area (TPSA) is 95.3 Å². The summed E-state index contributed by atoms with van der Waals surface area (Å²) >= 11 is 0. The number of esters is 1. The highest BCUT2D eigenvalue weighted by Gasteiger charge is 2.42. The lowest BCUT2D eigenvalue weighted by Crippen LogP contribution is -2.46. The van der Waals surface area contributed by atoms with E-state index in [1.807, 2.05) is 24.3 Å². The number of amides is 1. The van der Waals surface area contributed by atoms with Gasteiger partial charge in [0.25, 0.3) is 0 Å². The maximum atomic E-state index is 13.5. The summed E-state index contributed by atoms with van der Waals surface area (Å²) in [5.74, 6) is 0.205. The number of unbranched alkanes of at least 4 members (excludes halogenated alkanes) is 1. The van der Waals surface area contributed by atoms with Gasteiger partial charge in [-0.15, -0.1) is 0 Å². The first-order chi connectivity index (χ1) is 17.5. The molecule has 2 aromatic carbocycles. The Morgan fingerprint density at radius 3 is 2.64 bits per heavy atom. The molecule has 36 heavy (non-hydrogen) atoms. The van der Waals surface area contributed by atoms with Crippen LogP contribution in [0.3, 0.4) is 0 Å². The summed E-state index contributed by atoms with van der Waals surface area (Å²) in [6.45, 7) is 2.52. The fraction of sp³-hybridized carbons (Fsp3) is 0.393. The van der Waals surface area contributed by atoms with Crippen LogP contribution in [0.4, 0.5) is 0 Å². The van der Waals surface area contributed by atoms with E-state index in [2.05, 4.69) is 6.92 Å². The molecule has 1 fully saturated rings. The Morgan fingerprint density at radius 2 is 1.89 bits per heavy atom. The molecule has 1 saturated heterocycles. The van der Waals surface area contributed by atoms with Crippen molar-refractivity contribution in [1.29, 1.82) is 0 Å². The van der Waals surface area contributed by atoms with E-state index in [0.29, 0.717) is 41.0 Å². The Labute approximate surface area is 209 Å². The largest absolute Gasteiger partial charge is 0.497 e. The van der Waals surface area contributed by atoms with Crippen LogP contribution in [-0.2, 0) is 20.9 Å². The van der Waals surface area contributed by atoms with Gasteiger partial charge in [0.1, 0.15) is 23.7 Å². The zero-order chi connectivity index (χ0) is 25.7. The van der Waals surface area contributed by atoms with E-state index < -0.39 is 23.6 Å². The summed E-state index contributed by atoms with van der Waals surface area (Å²) in [7, 11) is 3.11.